The third-order valence-electron chi connectivity index (χ3n) is 3.00. The molecule has 1 atom stereocenters. The summed E-state index contributed by atoms with van der Waals surface area (Å²) in [5, 5.41) is 8.92. The number of carboxylic acids is 1. The number of anilines is 1. The Morgan fingerprint density at radius 1 is 1.56 bits per heavy atom. The second kappa shape index (κ2) is 4.68. The van der Waals surface area contributed by atoms with Crippen molar-refractivity contribution in [3.8, 4) is 0 Å². The van der Waals surface area contributed by atoms with E-state index in [9.17, 15) is 14.0 Å². The van der Waals surface area contributed by atoms with Gasteiger partial charge in [-0.2, -0.15) is 0 Å². The highest BCUT2D eigenvalue weighted by Crippen LogP contribution is 2.31. The van der Waals surface area contributed by atoms with Gasteiger partial charge in [0, 0.05) is 18.7 Å². The van der Waals surface area contributed by atoms with Gasteiger partial charge in [-0.1, -0.05) is 0 Å². The van der Waals surface area contributed by atoms with Crippen LogP contribution in [0.25, 0.3) is 0 Å². The number of halogens is 2. The van der Waals surface area contributed by atoms with Gasteiger partial charge in [0.2, 0.25) is 5.91 Å². The van der Waals surface area contributed by atoms with Gasteiger partial charge in [-0.25, -0.2) is 4.39 Å². The molecular formula is C12H11BrFNO3. The topological polar surface area (TPSA) is 57.6 Å². The zero-order chi connectivity index (χ0) is 13.4. The third-order valence-corrected chi connectivity index (χ3v) is 3.61. The van der Waals surface area contributed by atoms with E-state index in [1.807, 2.05) is 0 Å². The lowest BCUT2D eigenvalue weighted by atomic mass is 10.1. The van der Waals surface area contributed by atoms with E-state index < -0.39 is 17.7 Å². The van der Waals surface area contributed by atoms with E-state index in [2.05, 4.69) is 15.9 Å². The molecule has 0 bridgehead atoms. The molecule has 4 nitrogen and oxygen atoms in total. The van der Waals surface area contributed by atoms with E-state index in [0.29, 0.717) is 11.3 Å². The summed E-state index contributed by atoms with van der Waals surface area (Å²) < 4.78 is 13.6. The fraction of sp³-hybridized carbons (Fsp3) is 0.333. The molecular weight excluding hydrogens is 305 g/mol. The minimum absolute atomic E-state index is 0.0101. The molecule has 1 amide bonds. The summed E-state index contributed by atoms with van der Waals surface area (Å²) in [6, 6.07) is 2.83. The van der Waals surface area contributed by atoms with Crippen LogP contribution < -0.4 is 4.90 Å². The molecule has 1 heterocycles. The number of aliphatic carboxylic acids is 1. The molecule has 1 aromatic carbocycles. The standard InChI is InChI=1S/C12H11BrFNO3/c1-6-2-9(14)8(13)4-10(6)15-5-7(12(17)18)3-11(15)16/h2,4,7H,3,5H2,1H3,(H,17,18). The normalized spacial score (nSPS) is 19.4. The summed E-state index contributed by atoms with van der Waals surface area (Å²) >= 11 is 3.06. The highest BCUT2D eigenvalue weighted by molar-refractivity contribution is 9.10. The van der Waals surface area contributed by atoms with Gasteiger partial charge in [-0.3, -0.25) is 9.59 Å². The molecule has 1 saturated heterocycles. The number of benzene rings is 1. The zero-order valence-corrected chi connectivity index (χ0v) is 11.2. The van der Waals surface area contributed by atoms with E-state index in [4.69, 9.17) is 5.11 Å². The smallest absolute Gasteiger partial charge is 0.308 e. The van der Waals surface area contributed by atoms with E-state index in [1.165, 1.54) is 17.0 Å². The molecule has 0 aliphatic carbocycles. The first kappa shape index (κ1) is 13.0. The fourth-order valence-corrected chi connectivity index (χ4v) is 2.36. The van der Waals surface area contributed by atoms with Crippen molar-refractivity contribution < 1.29 is 19.1 Å². The van der Waals surface area contributed by atoms with Gasteiger partial charge in [0.05, 0.1) is 10.4 Å². The molecule has 0 spiro atoms. The predicted molar refractivity (Wildman–Crippen MR) is 66.9 cm³/mol. The molecule has 1 unspecified atom stereocenters. The number of rotatable bonds is 2. The largest absolute Gasteiger partial charge is 0.481 e. The molecule has 0 aromatic heterocycles. The Morgan fingerprint density at radius 3 is 2.78 bits per heavy atom. The van der Waals surface area contributed by atoms with Crippen molar-refractivity contribution in [2.24, 2.45) is 5.92 Å². The van der Waals surface area contributed by atoms with Gasteiger partial charge in [-0.15, -0.1) is 0 Å². The third kappa shape index (κ3) is 2.25. The van der Waals surface area contributed by atoms with Crippen molar-refractivity contribution in [3.05, 3.63) is 28.0 Å². The first-order chi connectivity index (χ1) is 8.40. The summed E-state index contributed by atoms with van der Waals surface area (Å²) in [6.07, 6.45) is -0.0101. The molecule has 0 saturated carbocycles. The lowest BCUT2D eigenvalue weighted by molar-refractivity contribution is -0.141. The SMILES string of the molecule is Cc1cc(F)c(Br)cc1N1CC(C(=O)O)CC1=O. The second-order valence-corrected chi connectivity index (χ2v) is 5.15. The highest BCUT2D eigenvalue weighted by atomic mass is 79.9. The number of aryl methyl sites for hydroxylation is 1. The molecule has 1 aliphatic rings. The Morgan fingerprint density at radius 2 is 2.22 bits per heavy atom. The Hall–Kier alpha value is -1.43. The first-order valence-electron chi connectivity index (χ1n) is 5.39. The average Bonchev–Trinajstić information content (AvgIpc) is 2.66. The van der Waals surface area contributed by atoms with Crippen LogP contribution in [0.15, 0.2) is 16.6 Å². The Kier molecular flexibility index (Phi) is 3.38. The van der Waals surface area contributed by atoms with E-state index in [0.717, 1.165) is 0 Å². The Bertz CT molecular complexity index is 532. The molecule has 0 radical (unpaired) electrons. The lowest BCUT2D eigenvalue weighted by Crippen LogP contribution is -2.26. The van der Waals surface area contributed by atoms with Crippen LogP contribution in [0.4, 0.5) is 10.1 Å². The van der Waals surface area contributed by atoms with Crippen LogP contribution in [0.2, 0.25) is 0 Å². The lowest BCUT2D eigenvalue weighted by Gasteiger charge is -2.19. The Balaban J connectivity index is 2.35. The number of carbonyl (C=O) groups excluding carboxylic acids is 1. The monoisotopic (exact) mass is 315 g/mol. The second-order valence-electron chi connectivity index (χ2n) is 4.30. The van der Waals surface area contributed by atoms with Crippen molar-refractivity contribution in [1.29, 1.82) is 0 Å². The number of hydrogen-bond donors (Lipinski definition) is 1. The number of carboxylic acid groups (broad SMARTS) is 1. The molecule has 2 rings (SSSR count). The summed E-state index contributed by atoms with van der Waals surface area (Å²) in [4.78, 5) is 24.1. The molecule has 1 aliphatic heterocycles. The first-order valence-corrected chi connectivity index (χ1v) is 6.18. The van der Waals surface area contributed by atoms with Crippen LogP contribution in [-0.4, -0.2) is 23.5 Å². The van der Waals surface area contributed by atoms with Crippen LogP contribution in [0.3, 0.4) is 0 Å². The maximum absolute atomic E-state index is 13.3. The van der Waals surface area contributed by atoms with Gasteiger partial charge in [0.15, 0.2) is 0 Å². The quantitative estimate of drug-likeness (QED) is 0.911. The maximum atomic E-state index is 13.3. The van der Waals surface area contributed by atoms with Gasteiger partial charge in [0.25, 0.3) is 0 Å². The molecule has 1 N–H and O–H groups in total. The van der Waals surface area contributed by atoms with E-state index in [1.54, 1.807) is 6.92 Å². The zero-order valence-electron chi connectivity index (χ0n) is 9.61. The average molecular weight is 316 g/mol. The number of hydrogen-bond acceptors (Lipinski definition) is 2. The maximum Gasteiger partial charge on any atom is 0.308 e. The number of carbonyl (C=O) groups is 2. The fourth-order valence-electron chi connectivity index (χ4n) is 2.03. The summed E-state index contributed by atoms with van der Waals surface area (Å²) in [6.45, 7) is 1.82. The minimum atomic E-state index is -0.982. The minimum Gasteiger partial charge on any atom is -0.481 e. The van der Waals surface area contributed by atoms with Crippen LogP contribution in [0, 0.1) is 18.7 Å². The van der Waals surface area contributed by atoms with Crippen LogP contribution in [0.5, 0.6) is 0 Å². The van der Waals surface area contributed by atoms with E-state index in [-0.39, 0.29) is 23.3 Å². The van der Waals surface area contributed by atoms with Crippen LogP contribution >= 0.6 is 15.9 Å². The van der Waals surface area contributed by atoms with Gasteiger partial charge >= 0.3 is 5.97 Å². The van der Waals surface area contributed by atoms with Gasteiger partial charge in [0.1, 0.15) is 5.82 Å². The number of amides is 1. The summed E-state index contributed by atoms with van der Waals surface area (Å²) in [5.41, 5.74) is 1.16. The highest BCUT2D eigenvalue weighted by Gasteiger charge is 2.35. The van der Waals surface area contributed by atoms with Crippen LogP contribution in [0.1, 0.15) is 12.0 Å². The number of nitrogens with zero attached hydrogens (tertiary/aromatic N) is 1. The van der Waals surface area contributed by atoms with Gasteiger partial charge in [-0.05, 0) is 40.5 Å². The van der Waals surface area contributed by atoms with Crippen molar-refractivity contribution >= 4 is 33.5 Å². The van der Waals surface area contributed by atoms with Crippen LogP contribution in [-0.2, 0) is 9.59 Å². The van der Waals surface area contributed by atoms with Gasteiger partial charge < -0.3 is 10.0 Å². The van der Waals surface area contributed by atoms with Crippen molar-refractivity contribution in [2.75, 3.05) is 11.4 Å². The summed E-state index contributed by atoms with van der Waals surface area (Å²) in [5.74, 6) is -2.33. The van der Waals surface area contributed by atoms with Crippen molar-refractivity contribution in [2.45, 2.75) is 13.3 Å². The van der Waals surface area contributed by atoms with Crippen molar-refractivity contribution in [1.82, 2.24) is 0 Å². The molecule has 1 fully saturated rings. The predicted octanol–water partition coefficient (Wildman–Crippen LogP) is 2.33. The Labute approximate surface area is 112 Å². The summed E-state index contributed by atoms with van der Waals surface area (Å²) in [7, 11) is 0. The molecule has 1 aromatic rings. The van der Waals surface area contributed by atoms with E-state index >= 15 is 0 Å². The molecule has 18 heavy (non-hydrogen) atoms. The van der Waals surface area contributed by atoms with Crippen molar-refractivity contribution in [3.63, 3.8) is 0 Å². The molecule has 96 valence electrons. The molecule has 6 heteroatoms.